The number of carbonyl (C=O) groups excluding carboxylic acids is 2. The molecule has 1 rings (SSSR count). The van der Waals surface area contributed by atoms with Gasteiger partial charge in [-0.2, -0.15) is 0 Å². The van der Waals surface area contributed by atoms with Gasteiger partial charge in [0.2, 0.25) is 12.8 Å². The summed E-state index contributed by atoms with van der Waals surface area (Å²) in [5.74, 6) is 0. The Bertz CT molecular complexity index is 169. The Morgan fingerprint density at radius 2 is 1.20 bits per heavy atom. The van der Waals surface area contributed by atoms with Gasteiger partial charge in [0.25, 0.3) is 0 Å². The average molecular weight is 139 g/mol. The molecule has 0 saturated carbocycles. The maximum atomic E-state index is 10.1. The highest BCUT2D eigenvalue weighted by molar-refractivity contribution is 5.55. The third-order valence-electron chi connectivity index (χ3n) is 1.07. The second kappa shape index (κ2) is 2.82. The molecule has 0 fully saturated rings. The molecule has 0 aromatic heterocycles. The van der Waals surface area contributed by atoms with E-state index in [1.165, 1.54) is 34.6 Å². The first-order chi connectivity index (χ1) is 4.86. The van der Waals surface area contributed by atoms with Crippen LogP contribution in [0.1, 0.15) is 1.43 Å². The van der Waals surface area contributed by atoms with Gasteiger partial charge in [0, 0.05) is 24.8 Å². The molecule has 0 aliphatic carbocycles. The molecule has 2 amide bonds. The van der Waals surface area contributed by atoms with Crippen LogP contribution in [0.3, 0.4) is 0 Å². The predicted molar refractivity (Wildman–Crippen MR) is 35.2 cm³/mol. The van der Waals surface area contributed by atoms with Gasteiger partial charge in [-0.05, 0) is 0 Å². The number of rotatable bonds is 2. The molecule has 0 spiro atoms. The van der Waals surface area contributed by atoms with Gasteiger partial charge in [-0.3, -0.25) is 19.4 Å². The Labute approximate surface area is 59.5 Å². The lowest BCUT2D eigenvalue weighted by Gasteiger charge is -2.14. The van der Waals surface area contributed by atoms with Gasteiger partial charge in [-0.1, -0.05) is 0 Å². The summed E-state index contributed by atoms with van der Waals surface area (Å²) >= 11 is 0. The highest BCUT2D eigenvalue weighted by Crippen LogP contribution is 1.98. The first-order valence-corrected chi connectivity index (χ1v) is 2.69. The number of nitrogens with zero attached hydrogens (tertiary/aromatic N) is 2. The van der Waals surface area contributed by atoms with E-state index >= 15 is 0 Å². The largest absolute Gasteiger partial charge is 1.00 e. The Hall–Kier alpha value is -1.58. The van der Waals surface area contributed by atoms with Gasteiger partial charge in [0.15, 0.2) is 0 Å². The van der Waals surface area contributed by atoms with E-state index in [1.54, 1.807) is 0 Å². The summed E-state index contributed by atoms with van der Waals surface area (Å²) < 4.78 is 0. The second-order valence-corrected chi connectivity index (χ2v) is 1.70. The van der Waals surface area contributed by atoms with Crippen LogP contribution in [-0.2, 0) is 9.59 Å². The van der Waals surface area contributed by atoms with E-state index in [2.05, 4.69) is 0 Å². The molecule has 1 aliphatic heterocycles. The van der Waals surface area contributed by atoms with Crippen molar-refractivity contribution in [1.29, 1.82) is 0 Å². The van der Waals surface area contributed by atoms with Crippen molar-refractivity contribution < 1.29 is 11.0 Å². The first-order valence-electron chi connectivity index (χ1n) is 2.69. The number of hydrogen-bond acceptors (Lipinski definition) is 2. The van der Waals surface area contributed by atoms with E-state index in [9.17, 15) is 9.59 Å². The summed E-state index contributed by atoms with van der Waals surface area (Å²) in [5, 5.41) is 0. The Balaban J connectivity index is 0.000001000. The molecule has 0 radical (unpaired) electrons. The van der Waals surface area contributed by atoms with Gasteiger partial charge < -0.3 is 0 Å². The van der Waals surface area contributed by atoms with E-state index in [0.717, 1.165) is 0 Å². The molecule has 0 N–H and O–H groups in total. The fourth-order valence-electron chi connectivity index (χ4n) is 0.548. The third kappa shape index (κ3) is 1.22. The first kappa shape index (κ1) is 6.54. The fraction of sp³-hybridized carbons (Fsp3) is 0. The minimum Gasteiger partial charge on any atom is -0.294 e. The summed E-state index contributed by atoms with van der Waals surface area (Å²) in [5.41, 5.74) is 0. The highest BCUT2D eigenvalue weighted by atomic mass is 16.1. The number of amides is 2. The van der Waals surface area contributed by atoms with Crippen molar-refractivity contribution in [2.75, 3.05) is 0 Å². The summed E-state index contributed by atoms with van der Waals surface area (Å²) in [7, 11) is 0. The summed E-state index contributed by atoms with van der Waals surface area (Å²) in [4.78, 5) is 22.8. The van der Waals surface area contributed by atoms with Crippen molar-refractivity contribution in [2.24, 2.45) is 0 Å². The molecule has 10 heavy (non-hydrogen) atoms. The molecule has 4 nitrogen and oxygen atoms in total. The molecule has 52 valence electrons. The van der Waals surface area contributed by atoms with Crippen LogP contribution in [0.4, 0.5) is 0 Å². The predicted octanol–water partition coefficient (Wildman–Crippen LogP) is -0.0283. The van der Waals surface area contributed by atoms with Gasteiger partial charge in [0.05, 0.1) is 0 Å². The molecule has 1 heterocycles. The van der Waals surface area contributed by atoms with E-state index in [1.807, 2.05) is 0 Å². The van der Waals surface area contributed by atoms with Crippen molar-refractivity contribution in [3.8, 4) is 0 Å². The van der Waals surface area contributed by atoms with E-state index in [4.69, 9.17) is 0 Å². The molecule has 0 saturated heterocycles. The van der Waals surface area contributed by atoms with Crippen molar-refractivity contribution in [2.45, 2.75) is 0 Å². The van der Waals surface area contributed by atoms with Crippen LogP contribution in [0, 0.1) is 0 Å². The normalized spacial score (nSPS) is 15.6. The van der Waals surface area contributed by atoms with E-state index in [-0.39, 0.29) is 1.43 Å². The van der Waals surface area contributed by atoms with Gasteiger partial charge >= 0.3 is 1.43 Å². The zero-order chi connectivity index (χ0) is 7.40. The second-order valence-electron chi connectivity index (χ2n) is 1.70. The van der Waals surface area contributed by atoms with Crippen LogP contribution in [0.15, 0.2) is 24.8 Å². The molecule has 0 unspecified atom stereocenters. The Kier molecular flexibility index (Phi) is 1.84. The molecule has 0 bridgehead atoms. The van der Waals surface area contributed by atoms with Crippen molar-refractivity contribution in [3.05, 3.63) is 24.8 Å². The van der Waals surface area contributed by atoms with Crippen LogP contribution in [-0.4, -0.2) is 22.6 Å². The lowest BCUT2D eigenvalue weighted by atomic mass is 10.6. The lowest BCUT2D eigenvalue weighted by Crippen LogP contribution is -2.17. The van der Waals surface area contributed by atoms with Crippen LogP contribution < -0.4 is 0 Å². The number of hydrogen-bond donors (Lipinski definition) is 0. The molecular weight excluding hydrogens is 132 g/mol. The Morgan fingerprint density at radius 1 is 0.900 bits per heavy atom. The van der Waals surface area contributed by atoms with Crippen LogP contribution in [0.25, 0.3) is 0 Å². The maximum absolute atomic E-state index is 10.1. The smallest absolute Gasteiger partial charge is 0.294 e. The number of carbonyl (C=O) groups is 2. The minimum atomic E-state index is 0. The molecule has 4 heteroatoms. The molecule has 0 aromatic carbocycles. The average Bonchev–Trinajstić information content (AvgIpc) is 2.05. The molecule has 0 aromatic rings. The molecule has 1 aliphatic rings. The lowest BCUT2D eigenvalue weighted by molar-refractivity contribution is -0.116. The van der Waals surface area contributed by atoms with Gasteiger partial charge in [-0.15, -0.1) is 0 Å². The summed E-state index contributed by atoms with van der Waals surface area (Å²) in [6.45, 7) is 0. The highest BCUT2D eigenvalue weighted by Gasteiger charge is 1.98. The fourth-order valence-corrected chi connectivity index (χ4v) is 0.548. The zero-order valence-electron chi connectivity index (χ0n) is 6.18. The monoisotopic (exact) mass is 139 g/mol. The Morgan fingerprint density at radius 3 is 1.40 bits per heavy atom. The quantitative estimate of drug-likeness (QED) is 0.504. The SMILES string of the molecule is O=CN1C=CN(C=O)C=C1.[H+]. The van der Waals surface area contributed by atoms with Crippen molar-refractivity contribution in [1.82, 2.24) is 9.80 Å². The van der Waals surface area contributed by atoms with Crippen LogP contribution in [0.5, 0.6) is 0 Å². The standard InChI is InChI=1S/C6H6N2O2/c9-5-7-1-2-8(6-10)4-3-7/h1-6H/p+1. The maximum Gasteiger partial charge on any atom is 1.00 e. The van der Waals surface area contributed by atoms with Gasteiger partial charge in [-0.25, -0.2) is 0 Å². The summed E-state index contributed by atoms with van der Waals surface area (Å²) in [6.07, 6.45) is 7.25. The van der Waals surface area contributed by atoms with Crippen molar-refractivity contribution in [3.63, 3.8) is 0 Å². The molecule has 0 atom stereocenters. The zero-order valence-corrected chi connectivity index (χ0v) is 5.18. The summed E-state index contributed by atoms with van der Waals surface area (Å²) in [6, 6.07) is 0. The van der Waals surface area contributed by atoms with Gasteiger partial charge in [0.1, 0.15) is 0 Å². The van der Waals surface area contributed by atoms with E-state index in [0.29, 0.717) is 12.8 Å². The van der Waals surface area contributed by atoms with Crippen LogP contribution in [0.2, 0.25) is 0 Å². The molecular formula is C6H7N2O2+. The topological polar surface area (TPSA) is 40.6 Å². The van der Waals surface area contributed by atoms with E-state index < -0.39 is 0 Å². The van der Waals surface area contributed by atoms with Crippen molar-refractivity contribution >= 4 is 12.8 Å². The van der Waals surface area contributed by atoms with Crippen LogP contribution >= 0.6 is 0 Å². The third-order valence-corrected chi connectivity index (χ3v) is 1.07. The minimum absolute atomic E-state index is 0.